The molecule has 0 radical (unpaired) electrons. The summed E-state index contributed by atoms with van der Waals surface area (Å²) < 4.78 is 5.55. The molecule has 178 valence electrons. The van der Waals surface area contributed by atoms with E-state index in [0.717, 1.165) is 60.0 Å². The average Bonchev–Trinajstić information content (AvgIpc) is 2.91. The molecule has 0 atom stereocenters. The van der Waals surface area contributed by atoms with Crippen LogP contribution < -0.4 is 19.9 Å². The van der Waals surface area contributed by atoms with Gasteiger partial charge in [0.1, 0.15) is 17.3 Å². The summed E-state index contributed by atoms with van der Waals surface area (Å²) in [7, 11) is 1.71. The normalized spacial score (nSPS) is 13.7. The first kappa shape index (κ1) is 22.6. The molecule has 2 aromatic heterocycles. The summed E-state index contributed by atoms with van der Waals surface area (Å²) in [6.45, 7) is 5.43. The smallest absolute Gasteiger partial charge is 0.270 e. The lowest BCUT2D eigenvalue weighted by atomic mass is 10.2. The Morgan fingerprint density at radius 3 is 2.43 bits per heavy atom. The van der Waals surface area contributed by atoms with Gasteiger partial charge in [-0.1, -0.05) is 30.3 Å². The fraction of sp³-hybridized carbons (Fsp3) is 0.259. The molecule has 0 saturated carbocycles. The number of carbonyl (C=O) groups is 1. The molecule has 8 nitrogen and oxygen atoms in total. The number of piperazine rings is 1. The van der Waals surface area contributed by atoms with Crippen molar-refractivity contribution < 1.29 is 9.53 Å². The standard InChI is InChI=1S/C27H28N6O2/c1-19-8-7-11-22(29-19)27(34)28-18-25-30-21-10-4-3-9-20(21)26(31-25)33-16-14-32(15-17-33)23-12-5-6-13-24(23)35-2/h3-13H,14-18H2,1-2H3,(H,28,34). The second-order valence-corrected chi connectivity index (χ2v) is 8.47. The molecule has 8 heteroatoms. The Labute approximate surface area is 204 Å². The Balaban J connectivity index is 1.35. The van der Waals surface area contributed by atoms with E-state index in [4.69, 9.17) is 14.7 Å². The van der Waals surface area contributed by atoms with E-state index in [1.807, 2.05) is 55.5 Å². The lowest BCUT2D eigenvalue weighted by Gasteiger charge is -2.37. The first-order valence-electron chi connectivity index (χ1n) is 11.7. The van der Waals surface area contributed by atoms with E-state index in [1.54, 1.807) is 13.2 Å². The van der Waals surface area contributed by atoms with Crippen molar-refractivity contribution in [2.75, 3.05) is 43.1 Å². The number of hydrogen-bond acceptors (Lipinski definition) is 7. The van der Waals surface area contributed by atoms with Gasteiger partial charge in [0.2, 0.25) is 0 Å². The number of ether oxygens (including phenoxy) is 1. The molecule has 0 spiro atoms. The number of amides is 1. The molecule has 1 N–H and O–H groups in total. The predicted octanol–water partition coefficient (Wildman–Crippen LogP) is 3.60. The van der Waals surface area contributed by atoms with Crippen LogP contribution in [-0.2, 0) is 6.54 Å². The maximum absolute atomic E-state index is 12.6. The van der Waals surface area contributed by atoms with Crippen LogP contribution in [0.1, 0.15) is 22.0 Å². The molecule has 0 unspecified atom stereocenters. The van der Waals surface area contributed by atoms with Crippen LogP contribution in [0.2, 0.25) is 0 Å². The molecule has 1 amide bonds. The molecule has 35 heavy (non-hydrogen) atoms. The third kappa shape index (κ3) is 4.87. The number of carbonyl (C=O) groups excluding carboxylic acids is 1. The number of nitrogens with zero attached hydrogens (tertiary/aromatic N) is 5. The predicted molar refractivity (Wildman–Crippen MR) is 137 cm³/mol. The van der Waals surface area contributed by atoms with Crippen molar-refractivity contribution in [3.63, 3.8) is 0 Å². The number of methoxy groups -OCH3 is 1. The van der Waals surface area contributed by atoms with E-state index in [0.29, 0.717) is 11.5 Å². The summed E-state index contributed by atoms with van der Waals surface area (Å²) in [5.74, 6) is 2.12. The topological polar surface area (TPSA) is 83.5 Å². The Kier molecular flexibility index (Phi) is 6.43. The van der Waals surface area contributed by atoms with Gasteiger partial charge in [0.15, 0.2) is 5.82 Å². The number of fused-ring (bicyclic) bond motifs is 1. The average molecular weight is 469 g/mol. The fourth-order valence-electron chi connectivity index (χ4n) is 4.40. The molecule has 1 aliphatic rings. The largest absolute Gasteiger partial charge is 0.495 e. The highest BCUT2D eigenvalue weighted by molar-refractivity contribution is 5.92. The molecule has 1 aliphatic heterocycles. The molecule has 0 aliphatic carbocycles. The molecule has 1 fully saturated rings. The van der Waals surface area contributed by atoms with E-state index in [-0.39, 0.29) is 12.5 Å². The molecule has 3 heterocycles. The molecular weight excluding hydrogens is 440 g/mol. The zero-order valence-electron chi connectivity index (χ0n) is 19.9. The van der Waals surface area contributed by atoms with E-state index in [9.17, 15) is 4.79 Å². The molecule has 2 aromatic carbocycles. The van der Waals surface area contributed by atoms with E-state index >= 15 is 0 Å². The highest BCUT2D eigenvalue weighted by Gasteiger charge is 2.23. The van der Waals surface area contributed by atoms with Gasteiger partial charge in [-0.2, -0.15) is 0 Å². The van der Waals surface area contributed by atoms with Crippen LogP contribution in [0.5, 0.6) is 5.75 Å². The van der Waals surface area contributed by atoms with Gasteiger partial charge in [-0.15, -0.1) is 0 Å². The number of anilines is 2. The van der Waals surface area contributed by atoms with Gasteiger partial charge in [0.25, 0.3) is 5.91 Å². The van der Waals surface area contributed by atoms with Crippen LogP contribution in [0, 0.1) is 6.92 Å². The van der Waals surface area contributed by atoms with Gasteiger partial charge in [0.05, 0.1) is 24.9 Å². The van der Waals surface area contributed by atoms with Gasteiger partial charge in [-0.25, -0.2) is 15.0 Å². The van der Waals surface area contributed by atoms with Crippen LogP contribution in [-0.4, -0.2) is 54.1 Å². The zero-order chi connectivity index (χ0) is 24.2. The van der Waals surface area contributed by atoms with Crippen LogP contribution in [0.3, 0.4) is 0 Å². The van der Waals surface area contributed by atoms with Crippen molar-refractivity contribution in [2.24, 2.45) is 0 Å². The van der Waals surface area contributed by atoms with Gasteiger partial charge in [-0.3, -0.25) is 4.79 Å². The molecule has 5 rings (SSSR count). The number of aromatic nitrogens is 3. The van der Waals surface area contributed by atoms with Gasteiger partial charge < -0.3 is 19.9 Å². The molecule has 4 aromatic rings. The minimum atomic E-state index is -0.238. The van der Waals surface area contributed by atoms with Crippen LogP contribution in [0.4, 0.5) is 11.5 Å². The van der Waals surface area contributed by atoms with Gasteiger partial charge in [-0.05, 0) is 43.3 Å². The summed E-state index contributed by atoms with van der Waals surface area (Å²) >= 11 is 0. The SMILES string of the molecule is COc1ccccc1N1CCN(c2nc(CNC(=O)c3cccc(C)n3)nc3ccccc23)CC1. The number of nitrogens with one attached hydrogen (secondary N) is 1. The zero-order valence-corrected chi connectivity index (χ0v) is 19.9. The first-order valence-corrected chi connectivity index (χ1v) is 11.7. The molecule has 0 bridgehead atoms. The Bertz CT molecular complexity index is 1350. The summed E-state index contributed by atoms with van der Waals surface area (Å²) in [6.07, 6.45) is 0. The Morgan fingerprint density at radius 2 is 1.63 bits per heavy atom. The van der Waals surface area contributed by atoms with Crippen LogP contribution >= 0.6 is 0 Å². The number of hydrogen-bond donors (Lipinski definition) is 1. The third-order valence-corrected chi connectivity index (χ3v) is 6.16. The first-order chi connectivity index (χ1) is 17.1. The summed E-state index contributed by atoms with van der Waals surface area (Å²) in [5, 5.41) is 3.92. The second-order valence-electron chi connectivity index (χ2n) is 8.47. The Hall–Kier alpha value is -4.20. The van der Waals surface area contributed by atoms with Gasteiger partial charge in [0, 0.05) is 37.3 Å². The van der Waals surface area contributed by atoms with Gasteiger partial charge >= 0.3 is 0 Å². The minimum Gasteiger partial charge on any atom is -0.495 e. The third-order valence-electron chi connectivity index (χ3n) is 6.16. The summed E-state index contributed by atoms with van der Waals surface area (Å²) in [5.41, 5.74) is 3.16. The van der Waals surface area contributed by atoms with Crippen LogP contribution in [0.15, 0.2) is 66.7 Å². The number of pyridine rings is 1. The summed E-state index contributed by atoms with van der Waals surface area (Å²) in [6, 6.07) is 21.5. The number of rotatable bonds is 6. The number of aryl methyl sites for hydroxylation is 1. The van der Waals surface area contributed by atoms with E-state index < -0.39 is 0 Å². The lowest BCUT2D eigenvalue weighted by molar-refractivity contribution is 0.0944. The highest BCUT2D eigenvalue weighted by atomic mass is 16.5. The van der Waals surface area contributed by atoms with Crippen molar-refractivity contribution in [3.8, 4) is 5.75 Å². The second kappa shape index (κ2) is 9.97. The van der Waals surface area contributed by atoms with Crippen molar-refractivity contribution in [1.29, 1.82) is 0 Å². The molecule has 1 saturated heterocycles. The summed E-state index contributed by atoms with van der Waals surface area (Å²) in [4.78, 5) is 31.1. The van der Waals surface area contributed by atoms with Crippen LogP contribution in [0.25, 0.3) is 10.9 Å². The minimum absolute atomic E-state index is 0.230. The van der Waals surface area contributed by atoms with Crippen molar-refractivity contribution in [1.82, 2.24) is 20.3 Å². The Morgan fingerprint density at radius 1 is 0.886 bits per heavy atom. The quantitative estimate of drug-likeness (QED) is 0.463. The monoisotopic (exact) mass is 468 g/mol. The fourth-order valence-corrected chi connectivity index (χ4v) is 4.40. The maximum atomic E-state index is 12.6. The maximum Gasteiger partial charge on any atom is 0.270 e. The van der Waals surface area contributed by atoms with Crippen molar-refractivity contribution >= 4 is 28.3 Å². The highest BCUT2D eigenvalue weighted by Crippen LogP contribution is 2.30. The van der Waals surface area contributed by atoms with E-state index in [2.05, 4.69) is 32.2 Å². The number of benzene rings is 2. The number of para-hydroxylation sites is 3. The lowest BCUT2D eigenvalue weighted by Crippen LogP contribution is -2.47. The van der Waals surface area contributed by atoms with Crippen molar-refractivity contribution in [2.45, 2.75) is 13.5 Å². The molecular formula is C27H28N6O2. The van der Waals surface area contributed by atoms with Crippen molar-refractivity contribution in [3.05, 3.63) is 83.9 Å². The van der Waals surface area contributed by atoms with E-state index in [1.165, 1.54) is 0 Å².